The molecule has 19 heavy (non-hydrogen) atoms. The fraction of sp³-hybridized carbons (Fsp3) is 0.733. The van der Waals surface area contributed by atoms with Crippen molar-refractivity contribution < 1.29 is 0 Å². The molecule has 0 radical (unpaired) electrons. The second kappa shape index (κ2) is 5.78. The number of nitrogens with one attached hydrogen (secondary N) is 1. The number of nitrogens with zero attached hydrogens (tertiary/aromatic N) is 2. The predicted molar refractivity (Wildman–Crippen MR) is 83.6 cm³/mol. The van der Waals surface area contributed by atoms with Gasteiger partial charge in [0, 0.05) is 12.0 Å². The average molecular weight is 326 g/mol. The van der Waals surface area contributed by atoms with Gasteiger partial charge in [-0.1, -0.05) is 27.7 Å². The monoisotopic (exact) mass is 325 g/mol. The lowest BCUT2D eigenvalue weighted by Gasteiger charge is -2.16. The van der Waals surface area contributed by atoms with Crippen LogP contribution in [0.4, 0.5) is 5.82 Å². The molecule has 1 aliphatic rings. The molecule has 1 aromatic heterocycles. The summed E-state index contributed by atoms with van der Waals surface area (Å²) in [6.07, 6.45) is 4.52. The molecule has 4 heteroatoms. The van der Waals surface area contributed by atoms with Gasteiger partial charge in [0.05, 0.1) is 10.2 Å². The zero-order valence-electron chi connectivity index (χ0n) is 12.4. The molecule has 1 heterocycles. The van der Waals surface area contributed by atoms with Crippen LogP contribution in [-0.4, -0.2) is 16.5 Å². The van der Waals surface area contributed by atoms with Gasteiger partial charge in [-0.15, -0.1) is 0 Å². The van der Waals surface area contributed by atoms with Gasteiger partial charge in [0.15, 0.2) is 0 Å². The molecule has 1 N–H and O–H groups in total. The molecule has 0 atom stereocenters. The van der Waals surface area contributed by atoms with Gasteiger partial charge in [-0.25, -0.2) is 9.97 Å². The Morgan fingerprint density at radius 1 is 1.32 bits per heavy atom. The number of halogens is 1. The van der Waals surface area contributed by atoms with Gasteiger partial charge in [-0.3, -0.25) is 0 Å². The predicted octanol–water partition coefficient (Wildman–Crippen LogP) is 4.31. The van der Waals surface area contributed by atoms with E-state index in [9.17, 15) is 0 Å². The van der Waals surface area contributed by atoms with Crippen LogP contribution in [0.1, 0.15) is 58.5 Å². The van der Waals surface area contributed by atoms with E-state index in [-0.39, 0.29) is 5.41 Å². The van der Waals surface area contributed by atoms with Crippen molar-refractivity contribution in [2.45, 2.75) is 58.8 Å². The SMILES string of the molecule is CCCNc1nc(C2(C)CC2)nc(CC(C)C)c1Br. The van der Waals surface area contributed by atoms with Crippen molar-refractivity contribution in [3.63, 3.8) is 0 Å². The lowest BCUT2D eigenvalue weighted by Crippen LogP contribution is -2.14. The lowest BCUT2D eigenvalue weighted by molar-refractivity contribution is 0.616. The van der Waals surface area contributed by atoms with E-state index in [1.165, 1.54) is 12.8 Å². The molecule has 0 saturated heterocycles. The van der Waals surface area contributed by atoms with Crippen molar-refractivity contribution in [3.05, 3.63) is 16.0 Å². The number of aromatic nitrogens is 2. The number of hydrogen-bond donors (Lipinski definition) is 1. The van der Waals surface area contributed by atoms with Gasteiger partial charge in [0.1, 0.15) is 11.6 Å². The Kier molecular flexibility index (Phi) is 4.49. The van der Waals surface area contributed by atoms with Gasteiger partial charge >= 0.3 is 0 Å². The smallest absolute Gasteiger partial charge is 0.144 e. The highest BCUT2D eigenvalue weighted by atomic mass is 79.9. The van der Waals surface area contributed by atoms with E-state index in [1.807, 2.05) is 0 Å². The van der Waals surface area contributed by atoms with E-state index in [4.69, 9.17) is 9.97 Å². The summed E-state index contributed by atoms with van der Waals surface area (Å²) in [7, 11) is 0. The standard InChI is InChI=1S/C15H24BrN3/c1-5-8-17-13-12(16)11(9-10(2)3)18-14(19-13)15(4)6-7-15/h10H,5-9H2,1-4H3,(H,17,18,19). The normalized spacial score (nSPS) is 16.7. The van der Waals surface area contributed by atoms with Gasteiger partial charge in [0.2, 0.25) is 0 Å². The minimum absolute atomic E-state index is 0.217. The van der Waals surface area contributed by atoms with E-state index in [2.05, 4.69) is 48.9 Å². The molecule has 106 valence electrons. The third-order valence-corrected chi connectivity index (χ3v) is 4.44. The van der Waals surface area contributed by atoms with Crippen LogP contribution in [-0.2, 0) is 11.8 Å². The van der Waals surface area contributed by atoms with Crippen molar-refractivity contribution in [2.24, 2.45) is 5.92 Å². The van der Waals surface area contributed by atoms with Gasteiger partial charge in [-0.05, 0) is 47.5 Å². The second-order valence-corrected chi connectivity index (χ2v) is 7.03. The quantitative estimate of drug-likeness (QED) is 0.846. The first-order valence-corrected chi connectivity index (χ1v) is 8.06. The Labute approximate surface area is 124 Å². The first kappa shape index (κ1) is 14.8. The summed E-state index contributed by atoms with van der Waals surface area (Å²) in [5.41, 5.74) is 1.36. The molecule has 0 unspecified atom stereocenters. The second-order valence-electron chi connectivity index (χ2n) is 6.24. The molecule has 0 spiro atoms. The van der Waals surface area contributed by atoms with Gasteiger partial charge in [0.25, 0.3) is 0 Å². The molecule has 1 aliphatic carbocycles. The average Bonchev–Trinajstić information content (AvgIpc) is 3.09. The molecule has 1 aromatic rings. The fourth-order valence-electron chi connectivity index (χ4n) is 2.06. The highest BCUT2D eigenvalue weighted by Gasteiger charge is 2.42. The van der Waals surface area contributed by atoms with E-state index in [0.29, 0.717) is 5.92 Å². The van der Waals surface area contributed by atoms with E-state index in [1.54, 1.807) is 0 Å². The third-order valence-electron chi connectivity index (χ3n) is 3.60. The Bertz CT molecular complexity index is 453. The number of rotatable bonds is 6. The number of hydrogen-bond acceptors (Lipinski definition) is 3. The summed E-state index contributed by atoms with van der Waals surface area (Å²) in [4.78, 5) is 9.56. The Balaban J connectivity index is 2.35. The molecule has 3 nitrogen and oxygen atoms in total. The molecule has 1 saturated carbocycles. The first-order chi connectivity index (χ1) is 8.96. The Hall–Kier alpha value is -0.640. The van der Waals surface area contributed by atoms with Crippen molar-refractivity contribution in [1.29, 1.82) is 0 Å². The Morgan fingerprint density at radius 2 is 2.00 bits per heavy atom. The molecule has 0 aliphatic heterocycles. The van der Waals surface area contributed by atoms with Gasteiger partial charge < -0.3 is 5.32 Å². The number of anilines is 1. The zero-order valence-corrected chi connectivity index (χ0v) is 14.0. The summed E-state index contributed by atoms with van der Waals surface area (Å²) in [6, 6.07) is 0. The van der Waals surface area contributed by atoms with Gasteiger partial charge in [-0.2, -0.15) is 0 Å². The van der Waals surface area contributed by atoms with E-state index in [0.717, 1.165) is 41.2 Å². The molecule has 0 amide bonds. The summed E-state index contributed by atoms with van der Waals surface area (Å²) < 4.78 is 1.04. The zero-order chi connectivity index (χ0) is 14.0. The Morgan fingerprint density at radius 3 is 2.53 bits per heavy atom. The van der Waals surface area contributed by atoms with Crippen LogP contribution >= 0.6 is 15.9 Å². The molecule has 2 rings (SSSR count). The summed E-state index contributed by atoms with van der Waals surface area (Å²) >= 11 is 3.67. The van der Waals surface area contributed by atoms with Crippen LogP contribution in [0.25, 0.3) is 0 Å². The molecule has 1 fully saturated rings. The van der Waals surface area contributed by atoms with E-state index < -0.39 is 0 Å². The van der Waals surface area contributed by atoms with Crippen LogP contribution in [0.3, 0.4) is 0 Å². The first-order valence-electron chi connectivity index (χ1n) is 7.27. The molecular weight excluding hydrogens is 302 g/mol. The summed E-state index contributed by atoms with van der Waals surface area (Å²) in [5, 5.41) is 3.42. The highest BCUT2D eigenvalue weighted by molar-refractivity contribution is 9.10. The largest absolute Gasteiger partial charge is 0.369 e. The van der Waals surface area contributed by atoms with Crippen LogP contribution < -0.4 is 5.32 Å². The summed E-state index contributed by atoms with van der Waals surface area (Å²) in [6.45, 7) is 9.84. The van der Waals surface area contributed by atoms with Crippen LogP contribution in [0.5, 0.6) is 0 Å². The maximum atomic E-state index is 4.82. The van der Waals surface area contributed by atoms with Crippen LogP contribution in [0.2, 0.25) is 0 Å². The van der Waals surface area contributed by atoms with E-state index >= 15 is 0 Å². The van der Waals surface area contributed by atoms with Crippen molar-refractivity contribution >= 4 is 21.7 Å². The maximum Gasteiger partial charge on any atom is 0.144 e. The topological polar surface area (TPSA) is 37.8 Å². The molecule has 0 aromatic carbocycles. The maximum absolute atomic E-state index is 4.82. The molecular formula is C15H24BrN3. The van der Waals surface area contributed by atoms with Crippen molar-refractivity contribution in [2.75, 3.05) is 11.9 Å². The summed E-state index contributed by atoms with van der Waals surface area (Å²) in [5.74, 6) is 2.59. The minimum Gasteiger partial charge on any atom is -0.369 e. The minimum atomic E-state index is 0.217. The van der Waals surface area contributed by atoms with Crippen LogP contribution in [0.15, 0.2) is 4.47 Å². The van der Waals surface area contributed by atoms with Crippen LogP contribution in [0, 0.1) is 5.92 Å². The highest BCUT2D eigenvalue weighted by Crippen LogP contribution is 2.46. The third kappa shape index (κ3) is 3.47. The van der Waals surface area contributed by atoms with Crippen molar-refractivity contribution in [1.82, 2.24) is 9.97 Å². The lowest BCUT2D eigenvalue weighted by atomic mass is 10.1. The van der Waals surface area contributed by atoms with Crippen molar-refractivity contribution in [3.8, 4) is 0 Å². The fourth-order valence-corrected chi connectivity index (χ4v) is 2.54. The molecule has 0 bridgehead atoms.